The Morgan fingerprint density at radius 2 is 1.77 bits per heavy atom. The van der Waals surface area contributed by atoms with E-state index in [0.29, 0.717) is 0 Å². The lowest BCUT2D eigenvalue weighted by atomic mass is 10.0. The van der Waals surface area contributed by atoms with Gasteiger partial charge >= 0.3 is 0 Å². The number of hydrogen-bond donors (Lipinski definition) is 6. The molecule has 78 valence electrons. The van der Waals surface area contributed by atoms with E-state index < -0.39 is 31.0 Å². The lowest BCUT2D eigenvalue weighted by Crippen LogP contribution is -2.49. The van der Waals surface area contributed by atoms with Crippen LogP contribution in [0.4, 0.5) is 0 Å². The van der Waals surface area contributed by atoms with Gasteiger partial charge in [0.25, 0.3) is 0 Å². The van der Waals surface area contributed by atoms with E-state index in [1.54, 1.807) is 0 Å². The molecule has 0 unspecified atom stereocenters. The molecule has 0 rings (SSSR count). The second-order valence-electron chi connectivity index (χ2n) is 2.57. The second kappa shape index (κ2) is 5.84. The summed E-state index contributed by atoms with van der Waals surface area (Å²) in [5.74, 6) is 0. The fourth-order valence-electron chi connectivity index (χ4n) is 0.728. The highest BCUT2D eigenvalue weighted by Crippen LogP contribution is 2.01. The van der Waals surface area contributed by atoms with Gasteiger partial charge in [-0.2, -0.15) is 0 Å². The maximum absolute atomic E-state index is 9.17. The molecular weight excluding hydrogens is 180 g/mol. The Morgan fingerprint density at radius 3 is 2.15 bits per heavy atom. The van der Waals surface area contributed by atoms with E-state index in [9.17, 15) is 5.11 Å². The fraction of sp³-hybridized carbons (Fsp3) is 0.833. The highest BCUT2D eigenvalue weighted by Gasteiger charge is 2.28. The molecule has 7 N–H and O–H groups in total. The Hall–Kier alpha value is -0.730. The molecule has 0 bridgehead atoms. The Balaban J connectivity index is 4.15. The monoisotopic (exact) mass is 194 g/mol. The van der Waals surface area contributed by atoms with Crippen molar-refractivity contribution in [3.05, 3.63) is 0 Å². The van der Waals surface area contributed by atoms with Gasteiger partial charge in [0.05, 0.1) is 18.9 Å². The molecular formula is C6H14N2O5. The van der Waals surface area contributed by atoms with Gasteiger partial charge in [-0.1, -0.05) is 0 Å². The third-order valence-electron chi connectivity index (χ3n) is 1.56. The molecule has 0 saturated heterocycles. The smallest absolute Gasteiger partial charge is 0.110 e. The van der Waals surface area contributed by atoms with Gasteiger partial charge in [-0.3, -0.25) is 0 Å². The Bertz CT molecular complexity index is 165. The molecule has 0 amide bonds. The van der Waals surface area contributed by atoms with Crippen LogP contribution in [0.3, 0.4) is 0 Å². The normalized spacial score (nSPS) is 21.3. The molecule has 0 aliphatic carbocycles. The summed E-state index contributed by atoms with van der Waals surface area (Å²) in [5, 5.41) is 46.2. The van der Waals surface area contributed by atoms with Crippen LogP contribution < -0.4 is 5.73 Å². The zero-order valence-electron chi connectivity index (χ0n) is 6.85. The number of hydrogen-bond acceptors (Lipinski definition) is 7. The average molecular weight is 194 g/mol. The Morgan fingerprint density at radius 1 is 1.23 bits per heavy atom. The van der Waals surface area contributed by atoms with Crippen LogP contribution >= 0.6 is 0 Å². The molecule has 0 aliphatic heterocycles. The lowest BCUT2D eigenvalue weighted by molar-refractivity contribution is -0.0772. The molecule has 0 aromatic carbocycles. The van der Waals surface area contributed by atoms with Gasteiger partial charge in [0.15, 0.2) is 0 Å². The highest BCUT2D eigenvalue weighted by molar-refractivity contribution is 5.64. The molecule has 0 fully saturated rings. The van der Waals surface area contributed by atoms with Gasteiger partial charge in [-0.15, -0.1) is 5.16 Å². The molecule has 0 saturated carbocycles. The van der Waals surface area contributed by atoms with E-state index in [1.165, 1.54) is 0 Å². The quantitative estimate of drug-likeness (QED) is 0.155. The molecule has 4 atom stereocenters. The van der Waals surface area contributed by atoms with E-state index in [2.05, 4.69) is 5.16 Å². The van der Waals surface area contributed by atoms with Gasteiger partial charge in [0.1, 0.15) is 18.3 Å². The molecule has 0 aliphatic rings. The maximum atomic E-state index is 9.17. The zero-order chi connectivity index (χ0) is 10.4. The van der Waals surface area contributed by atoms with Crippen LogP contribution in [0.25, 0.3) is 0 Å². The molecule has 0 heterocycles. The van der Waals surface area contributed by atoms with Crippen molar-refractivity contribution in [3.8, 4) is 0 Å². The topological polar surface area (TPSA) is 140 Å². The van der Waals surface area contributed by atoms with Crippen LogP contribution in [-0.2, 0) is 0 Å². The minimum absolute atomic E-state index is 0.693. The number of rotatable bonds is 5. The summed E-state index contributed by atoms with van der Waals surface area (Å²) in [6, 6.07) is -1.11. The van der Waals surface area contributed by atoms with E-state index in [-0.39, 0.29) is 0 Å². The number of aliphatic hydroxyl groups is 4. The Labute approximate surface area is 74.7 Å². The summed E-state index contributed by atoms with van der Waals surface area (Å²) in [6.45, 7) is -0.693. The van der Waals surface area contributed by atoms with Gasteiger partial charge < -0.3 is 31.4 Å². The Kier molecular flexibility index (Phi) is 5.51. The van der Waals surface area contributed by atoms with Crippen molar-refractivity contribution >= 4 is 6.21 Å². The first-order chi connectivity index (χ1) is 6.04. The number of oxime groups is 1. The van der Waals surface area contributed by atoms with E-state index in [4.69, 9.17) is 26.3 Å². The van der Waals surface area contributed by atoms with Gasteiger partial charge in [-0.25, -0.2) is 0 Å². The summed E-state index contributed by atoms with van der Waals surface area (Å²) in [6.07, 6.45) is -3.76. The van der Waals surface area contributed by atoms with Crippen molar-refractivity contribution < 1.29 is 25.6 Å². The van der Waals surface area contributed by atoms with E-state index in [1.807, 2.05) is 0 Å². The number of nitrogens with two attached hydrogens (primary N) is 1. The van der Waals surface area contributed by atoms with Crippen LogP contribution in [0.5, 0.6) is 0 Å². The standard InChI is InChI=1S/C6H14N2O5/c7-3(1-8-13)5(11)6(12)4(10)2-9/h1,3-6,9-13H,2,7H2/b8-1-/t3-,4+,5+,6+/m0/s1. The molecule has 7 heteroatoms. The van der Waals surface area contributed by atoms with Crippen molar-refractivity contribution in [2.45, 2.75) is 24.4 Å². The summed E-state index contributed by atoms with van der Waals surface area (Å²) < 4.78 is 0. The predicted octanol–water partition coefficient (Wildman–Crippen LogP) is -3.15. The van der Waals surface area contributed by atoms with Crippen LogP contribution in [0.1, 0.15) is 0 Å². The molecule has 0 aromatic rings. The fourth-order valence-corrected chi connectivity index (χ4v) is 0.728. The van der Waals surface area contributed by atoms with Crippen LogP contribution in [0.2, 0.25) is 0 Å². The minimum atomic E-state index is -1.59. The van der Waals surface area contributed by atoms with Crippen molar-refractivity contribution in [2.24, 2.45) is 10.9 Å². The zero-order valence-corrected chi connectivity index (χ0v) is 6.85. The molecule has 7 nitrogen and oxygen atoms in total. The molecule has 0 aromatic heterocycles. The average Bonchev–Trinajstić information content (AvgIpc) is 2.14. The summed E-state index contributed by atoms with van der Waals surface area (Å²) in [7, 11) is 0. The summed E-state index contributed by atoms with van der Waals surface area (Å²) in [5.41, 5.74) is 5.21. The van der Waals surface area contributed by atoms with Crippen molar-refractivity contribution in [1.29, 1.82) is 0 Å². The first kappa shape index (κ1) is 12.3. The SMILES string of the molecule is N[C@@H](/C=N\O)[C@@H](O)[C@H](O)[C@H](O)CO. The van der Waals surface area contributed by atoms with Gasteiger partial charge in [0.2, 0.25) is 0 Å². The van der Waals surface area contributed by atoms with Gasteiger partial charge in [0, 0.05) is 0 Å². The van der Waals surface area contributed by atoms with Crippen LogP contribution in [-0.4, -0.2) is 62.8 Å². The minimum Gasteiger partial charge on any atom is -0.411 e. The third-order valence-corrected chi connectivity index (χ3v) is 1.56. The lowest BCUT2D eigenvalue weighted by Gasteiger charge is -2.23. The van der Waals surface area contributed by atoms with Crippen LogP contribution in [0, 0.1) is 0 Å². The molecule has 13 heavy (non-hydrogen) atoms. The van der Waals surface area contributed by atoms with Crippen molar-refractivity contribution in [3.63, 3.8) is 0 Å². The summed E-state index contributed by atoms with van der Waals surface area (Å²) >= 11 is 0. The first-order valence-corrected chi connectivity index (χ1v) is 3.62. The second-order valence-corrected chi connectivity index (χ2v) is 2.57. The van der Waals surface area contributed by atoms with Crippen molar-refractivity contribution in [2.75, 3.05) is 6.61 Å². The molecule has 0 radical (unpaired) electrons. The van der Waals surface area contributed by atoms with E-state index >= 15 is 0 Å². The predicted molar refractivity (Wildman–Crippen MR) is 43.4 cm³/mol. The van der Waals surface area contributed by atoms with Gasteiger partial charge in [-0.05, 0) is 0 Å². The largest absolute Gasteiger partial charge is 0.411 e. The highest BCUT2D eigenvalue weighted by atomic mass is 16.4. The summed E-state index contributed by atoms with van der Waals surface area (Å²) in [4.78, 5) is 0. The van der Waals surface area contributed by atoms with Crippen molar-refractivity contribution in [1.82, 2.24) is 0 Å². The van der Waals surface area contributed by atoms with Crippen LogP contribution in [0.15, 0.2) is 5.16 Å². The molecule has 0 spiro atoms. The van der Waals surface area contributed by atoms with E-state index in [0.717, 1.165) is 6.21 Å². The number of aliphatic hydroxyl groups excluding tert-OH is 4. The third kappa shape index (κ3) is 3.66. The first-order valence-electron chi connectivity index (χ1n) is 3.62. The number of nitrogens with zero attached hydrogens (tertiary/aromatic N) is 1. The maximum Gasteiger partial charge on any atom is 0.110 e.